The van der Waals surface area contributed by atoms with Gasteiger partial charge in [-0.2, -0.15) is 0 Å². The molecule has 1 saturated heterocycles. The molecule has 6 heteroatoms. The van der Waals surface area contributed by atoms with Crippen molar-refractivity contribution in [2.24, 2.45) is 5.41 Å². The van der Waals surface area contributed by atoms with Crippen molar-refractivity contribution in [1.29, 1.82) is 0 Å². The lowest BCUT2D eigenvalue weighted by Gasteiger charge is -2.38. The van der Waals surface area contributed by atoms with E-state index in [1.54, 1.807) is 9.80 Å². The molecule has 0 N–H and O–H groups in total. The number of piperazine rings is 1. The van der Waals surface area contributed by atoms with Gasteiger partial charge in [0.2, 0.25) is 5.91 Å². The van der Waals surface area contributed by atoms with Gasteiger partial charge in [0.15, 0.2) is 17.5 Å². The highest BCUT2D eigenvalue weighted by molar-refractivity contribution is 5.81. The van der Waals surface area contributed by atoms with E-state index in [0.717, 1.165) is 6.07 Å². The summed E-state index contributed by atoms with van der Waals surface area (Å²) in [5.74, 6) is -3.79. The minimum Gasteiger partial charge on any atom is -0.366 e. The number of nitrogens with zero attached hydrogens (tertiary/aromatic N) is 2. The fourth-order valence-electron chi connectivity index (χ4n) is 2.38. The van der Waals surface area contributed by atoms with Crippen LogP contribution in [0.15, 0.2) is 12.1 Å². The molecular formula is C15H19F3N2O. The number of amides is 1. The Morgan fingerprint density at radius 1 is 1.00 bits per heavy atom. The Kier molecular flexibility index (Phi) is 4.16. The van der Waals surface area contributed by atoms with Gasteiger partial charge in [0.05, 0.1) is 5.69 Å². The Balaban J connectivity index is 2.08. The summed E-state index contributed by atoms with van der Waals surface area (Å²) in [6, 6.07) is 2.15. The predicted octanol–water partition coefficient (Wildman–Crippen LogP) is 2.80. The maximum Gasteiger partial charge on any atom is 0.228 e. The van der Waals surface area contributed by atoms with E-state index >= 15 is 0 Å². The maximum absolute atomic E-state index is 13.8. The van der Waals surface area contributed by atoms with Crippen LogP contribution in [0.5, 0.6) is 0 Å². The van der Waals surface area contributed by atoms with Crippen molar-refractivity contribution in [3.05, 3.63) is 29.6 Å². The molecule has 1 aliphatic heterocycles. The lowest BCUT2D eigenvalue weighted by molar-refractivity contribution is -0.139. The summed E-state index contributed by atoms with van der Waals surface area (Å²) in [4.78, 5) is 15.5. The van der Waals surface area contributed by atoms with Crippen molar-refractivity contribution in [2.75, 3.05) is 31.1 Å². The Labute approximate surface area is 122 Å². The van der Waals surface area contributed by atoms with E-state index in [1.165, 1.54) is 6.07 Å². The molecule has 1 fully saturated rings. The molecule has 0 aliphatic carbocycles. The lowest BCUT2D eigenvalue weighted by atomic mass is 9.94. The molecule has 1 aliphatic rings. The molecule has 1 aromatic carbocycles. The third-order valence-corrected chi connectivity index (χ3v) is 3.56. The van der Waals surface area contributed by atoms with Gasteiger partial charge in [0, 0.05) is 31.6 Å². The quantitative estimate of drug-likeness (QED) is 0.745. The third-order valence-electron chi connectivity index (χ3n) is 3.56. The molecule has 0 unspecified atom stereocenters. The van der Waals surface area contributed by atoms with E-state index in [4.69, 9.17) is 0 Å². The number of rotatable bonds is 1. The van der Waals surface area contributed by atoms with Crippen molar-refractivity contribution >= 4 is 11.6 Å². The highest BCUT2D eigenvalue weighted by atomic mass is 19.2. The average molecular weight is 300 g/mol. The van der Waals surface area contributed by atoms with E-state index in [1.807, 2.05) is 20.8 Å². The van der Waals surface area contributed by atoms with E-state index in [-0.39, 0.29) is 11.6 Å². The van der Waals surface area contributed by atoms with Gasteiger partial charge < -0.3 is 9.80 Å². The van der Waals surface area contributed by atoms with Crippen molar-refractivity contribution in [2.45, 2.75) is 20.8 Å². The van der Waals surface area contributed by atoms with Gasteiger partial charge in [-0.15, -0.1) is 0 Å². The highest BCUT2D eigenvalue weighted by Gasteiger charge is 2.30. The molecule has 0 bridgehead atoms. The average Bonchev–Trinajstić information content (AvgIpc) is 2.43. The normalized spacial score (nSPS) is 16.3. The first-order valence-corrected chi connectivity index (χ1v) is 6.89. The van der Waals surface area contributed by atoms with Crippen LogP contribution in [0.2, 0.25) is 0 Å². The molecule has 0 saturated carbocycles. The minimum atomic E-state index is -1.46. The van der Waals surface area contributed by atoms with Gasteiger partial charge in [0.25, 0.3) is 0 Å². The van der Waals surface area contributed by atoms with Crippen LogP contribution in [0.3, 0.4) is 0 Å². The monoisotopic (exact) mass is 300 g/mol. The molecule has 1 amide bonds. The van der Waals surface area contributed by atoms with Gasteiger partial charge in [0.1, 0.15) is 0 Å². The van der Waals surface area contributed by atoms with Crippen LogP contribution in [0.1, 0.15) is 20.8 Å². The fraction of sp³-hybridized carbons (Fsp3) is 0.533. The number of hydrogen-bond donors (Lipinski definition) is 0. The molecule has 0 atom stereocenters. The van der Waals surface area contributed by atoms with Crippen LogP contribution >= 0.6 is 0 Å². The molecule has 0 aromatic heterocycles. The highest BCUT2D eigenvalue weighted by Crippen LogP contribution is 2.25. The molecular weight excluding hydrogens is 281 g/mol. The molecule has 116 valence electrons. The first-order chi connectivity index (χ1) is 9.71. The first kappa shape index (κ1) is 15.7. The number of hydrogen-bond acceptors (Lipinski definition) is 2. The van der Waals surface area contributed by atoms with Gasteiger partial charge in [-0.3, -0.25) is 4.79 Å². The smallest absolute Gasteiger partial charge is 0.228 e. The number of benzene rings is 1. The predicted molar refractivity (Wildman–Crippen MR) is 74.6 cm³/mol. The van der Waals surface area contributed by atoms with Crippen molar-refractivity contribution in [3.63, 3.8) is 0 Å². The summed E-state index contributed by atoms with van der Waals surface area (Å²) >= 11 is 0. The van der Waals surface area contributed by atoms with Gasteiger partial charge in [-0.25, -0.2) is 13.2 Å². The maximum atomic E-state index is 13.8. The summed E-state index contributed by atoms with van der Waals surface area (Å²) in [5, 5.41) is 0. The summed E-state index contributed by atoms with van der Waals surface area (Å²) in [7, 11) is 0. The van der Waals surface area contributed by atoms with Gasteiger partial charge in [-0.05, 0) is 12.1 Å². The second-order valence-electron chi connectivity index (χ2n) is 6.22. The Hall–Kier alpha value is -1.72. The summed E-state index contributed by atoms with van der Waals surface area (Å²) in [6.07, 6.45) is 0. The molecule has 0 spiro atoms. The van der Waals surface area contributed by atoms with Gasteiger partial charge in [-0.1, -0.05) is 20.8 Å². The van der Waals surface area contributed by atoms with Crippen molar-refractivity contribution < 1.29 is 18.0 Å². The SMILES string of the molecule is CC(C)(C)C(=O)N1CCN(c2ccc(F)c(F)c2F)CC1. The van der Waals surface area contributed by atoms with E-state index in [9.17, 15) is 18.0 Å². The number of anilines is 1. The van der Waals surface area contributed by atoms with E-state index in [0.29, 0.717) is 26.2 Å². The minimum absolute atomic E-state index is 0.0351. The van der Waals surface area contributed by atoms with Crippen LogP contribution in [0.4, 0.5) is 18.9 Å². The van der Waals surface area contributed by atoms with Crippen LogP contribution in [-0.2, 0) is 4.79 Å². The summed E-state index contributed by atoms with van der Waals surface area (Å²) in [5.41, 5.74) is -0.424. The second kappa shape index (κ2) is 5.58. The van der Waals surface area contributed by atoms with Crippen LogP contribution in [0.25, 0.3) is 0 Å². The van der Waals surface area contributed by atoms with Crippen LogP contribution < -0.4 is 4.90 Å². The molecule has 1 aromatic rings. The number of carbonyl (C=O) groups excluding carboxylic acids is 1. The van der Waals surface area contributed by atoms with Crippen LogP contribution in [0, 0.1) is 22.9 Å². The number of carbonyl (C=O) groups is 1. The third kappa shape index (κ3) is 3.14. The van der Waals surface area contributed by atoms with Crippen molar-refractivity contribution in [1.82, 2.24) is 4.90 Å². The second-order valence-corrected chi connectivity index (χ2v) is 6.22. The zero-order chi connectivity index (χ0) is 15.8. The standard InChI is InChI=1S/C15H19F3N2O/c1-15(2,3)14(21)20-8-6-19(7-9-20)11-5-4-10(16)12(17)13(11)18/h4-5H,6-9H2,1-3H3. The first-order valence-electron chi connectivity index (χ1n) is 6.89. The van der Waals surface area contributed by atoms with E-state index in [2.05, 4.69) is 0 Å². The fourth-order valence-corrected chi connectivity index (χ4v) is 2.38. The molecule has 1 heterocycles. The van der Waals surface area contributed by atoms with Gasteiger partial charge >= 0.3 is 0 Å². The summed E-state index contributed by atoms with van der Waals surface area (Å²) < 4.78 is 40.0. The largest absolute Gasteiger partial charge is 0.366 e. The topological polar surface area (TPSA) is 23.6 Å². The Bertz CT molecular complexity index is 547. The Morgan fingerprint density at radius 2 is 1.57 bits per heavy atom. The van der Waals surface area contributed by atoms with E-state index < -0.39 is 22.9 Å². The summed E-state index contributed by atoms with van der Waals surface area (Å²) in [6.45, 7) is 7.20. The molecule has 0 radical (unpaired) electrons. The Morgan fingerprint density at radius 3 is 2.10 bits per heavy atom. The zero-order valence-corrected chi connectivity index (χ0v) is 12.4. The molecule has 2 rings (SSSR count). The number of halogens is 3. The zero-order valence-electron chi connectivity index (χ0n) is 12.4. The lowest BCUT2D eigenvalue weighted by Crippen LogP contribution is -2.51. The van der Waals surface area contributed by atoms with Crippen LogP contribution in [-0.4, -0.2) is 37.0 Å². The molecule has 3 nitrogen and oxygen atoms in total. The molecule has 21 heavy (non-hydrogen) atoms. The van der Waals surface area contributed by atoms with Crippen molar-refractivity contribution in [3.8, 4) is 0 Å².